The fraction of sp³-hybridized carbons (Fsp3) is 0.150. The molecule has 7 nitrogen and oxygen atoms in total. The lowest BCUT2D eigenvalue weighted by atomic mass is 10.1. The zero-order chi connectivity index (χ0) is 19.0. The highest BCUT2D eigenvalue weighted by molar-refractivity contribution is 6.09. The molecule has 2 N–H and O–H groups in total. The molecule has 0 aliphatic rings. The first-order valence-electron chi connectivity index (χ1n) is 8.37. The number of ether oxygens (including phenoxy) is 2. The number of H-pyrrole nitrogens is 1. The Morgan fingerprint density at radius 3 is 2.59 bits per heavy atom. The van der Waals surface area contributed by atoms with Crippen molar-refractivity contribution in [1.29, 1.82) is 0 Å². The second-order valence-corrected chi connectivity index (χ2v) is 6.09. The lowest BCUT2D eigenvalue weighted by molar-refractivity contribution is 0.101. The summed E-state index contributed by atoms with van der Waals surface area (Å²) in [6.07, 6.45) is 1.50. The van der Waals surface area contributed by atoms with Crippen molar-refractivity contribution in [2.75, 3.05) is 19.5 Å². The van der Waals surface area contributed by atoms with E-state index in [0.717, 1.165) is 27.6 Å². The molecule has 4 aromatic rings. The van der Waals surface area contributed by atoms with E-state index in [2.05, 4.69) is 20.3 Å². The van der Waals surface area contributed by atoms with Crippen molar-refractivity contribution in [3.05, 3.63) is 48.3 Å². The van der Waals surface area contributed by atoms with Gasteiger partial charge in [0.05, 0.1) is 19.7 Å². The highest BCUT2D eigenvalue weighted by atomic mass is 16.5. The molecule has 27 heavy (non-hydrogen) atoms. The Bertz CT molecular complexity index is 1170. The van der Waals surface area contributed by atoms with Gasteiger partial charge in [-0.1, -0.05) is 12.1 Å². The van der Waals surface area contributed by atoms with Gasteiger partial charge in [-0.3, -0.25) is 4.79 Å². The van der Waals surface area contributed by atoms with Crippen LogP contribution in [0, 0.1) is 0 Å². The lowest BCUT2D eigenvalue weighted by Crippen LogP contribution is -1.98. The van der Waals surface area contributed by atoms with Crippen LogP contribution in [0.15, 0.2) is 42.7 Å². The van der Waals surface area contributed by atoms with E-state index in [1.54, 1.807) is 33.3 Å². The number of hydrogen-bond acceptors (Lipinski definition) is 6. The molecule has 2 aromatic carbocycles. The molecular formula is C20H18N4O3. The molecule has 0 saturated carbocycles. The Labute approximate surface area is 155 Å². The number of methoxy groups -OCH3 is 2. The number of carbonyl (C=O) groups is 1. The highest BCUT2D eigenvalue weighted by Crippen LogP contribution is 2.36. The Morgan fingerprint density at radius 2 is 1.85 bits per heavy atom. The van der Waals surface area contributed by atoms with E-state index in [9.17, 15) is 4.79 Å². The zero-order valence-electron chi connectivity index (χ0n) is 15.2. The van der Waals surface area contributed by atoms with Crippen molar-refractivity contribution in [3.8, 4) is 11.5 Å². The van der Waals surface area contributed by atoms with E-state index in [-0.39, 0.29) is 5.78 Å². The summed E-state index contributed by atoms with van der Waals surface area (Å²) >= 11 is 0. The van der Waals surface area contributed by atoms with E-state index >= 15 is 0 Å². The summed E-state index contributed by atoms with van der Waals surface area (Å²) in [5.41, 5.74) is 3.80. The minimum absolute atomic E-state index is 0.0105. The lowest BCUT2D eigenvalue weighted by Gasteiger charge is -2.07. The fourth-order valence-electron chi connectivity index (χ4n) is 3.07. The number of benzene rings is 2. The summed E-state index contributed by atoms with van der Waals surface area (Å²) < 4.78 is 10.8. The molecule has 2 heterocycles. The summed E-state index contributed by atoms with van der Waals surface area (Å²) in [5, 5.41) is 4.17. The Hall–Kier alpha value is -3.61. The maximum Gasteiger partial charge on any atom is 0.162 e. The van der Waals surface area contributed by atoms with E-state index in [1.807, 2.05) is 24.3 Å². The average molecular weight is 362 g/mol. The molecule has 0 amide bonds. The van der Waals surface area contributed by atoms with Crippen LogP contribution in [-0.2, 0) is 0 Å². The molecule has 4 rings (SSSR count). The molecule has 0 unspecified atom stereocenters. The number of rotatable bonds is 5. The van der Waals surface area contributed by atoms with Crippen molar-refractivity contribution in [3.63, 3.8) is 0 Å². The van der Waals surface area contributed by atoms with Gasteiger partial charge in [-0.25, -0.2) is 9.97 Å². The van der Waals surface area contributed by atoms with Gasteiger partial charge in [-0.05, 0) is 25.1 Å². The van der Waals surface area contributed by atoms with E-state index in [4.69, 9.17) is 9.47 Å². The number of aromatic nitrogens is 3. The number of ketones is 1. The molecule has 136 valence electrons. The second-order valence-electron chi connectivity index (χ2n) is 6.09. The molecule has 0 spiro atoms. The number of nitrogens with one attached hydrogen (secondary N) is 2. The number of nitrogens with zero attached hydrogens (tertiary/aromatic N) is 2. The van der Waals surface area contributed by atoms with Crippen LogP contribution in [0.4, 0.5) is 11.5 Å². The molecule has 0 atom stereocenters. The van der Waals surface area contributed by atoms with Crippen LogP contribution >= 0.6 is 0 Å². The van der Waals surface area contributed by atoms with Gasteiger partial charge in [-0.2, -0.15) is 0 Å². The van der Waals surface area contributed by atoms with Crippen LogP contribution < -0.4 is 14.8 Å². The predicted molar refractivity (Wildman–Crippen MR) is 104 cm³/mol. The van der Waals surface area contributed by atoms with E-state index in [0.29, 0.717) is 22.9 Å². The topological polar surface area (TPSA) is 89.1 Å². The summed E-state index contributed by atoms with van der Waals surface area (Å²) in [5.74, 6) is 1.90. The molecule has 0 radical (unpaired) electrons. The third-order valence-corrected chi connectivity index (χ3v) is 4.42. The van der Waals surface area contributed by atoms with Gasteiger partial charge in [0, 0.05) is 22.7 Å². The third-order valence-electron chi connectivity index (χ3n) is 4.42. The Balaban J connectivity index is 1.84. The van der Waals surface area contributed by atoms with Crippen LogP contribution in [0.25, 0.3) is 21.9 Å². The monoisotopic (exact) mass is 362 g/mol. The molecule has 2 aromatic heterocycles. The standard InChI is InChI=1S/C20H18N4O3/c1-11(25)12-5-4-6-13(7-12)23-20-19-18(21-10-22-20)14-8-16(26-2)17(27-3)9-15(14)24-19/h4-10,24H,1-3H3,(H,21,22,23). The van der Waals surface area contributed by atoms with Crippen molar-refractivity contribution >= 4 is 39.2 Å². The Kier molecular flexibility index (Phi) is 4.12. The van der Waals surface area contributed by atoms with Crippen LogP contribution in [0.2, 0.25) is 0 Å². The molecule has 0 saturated heterocycles. The smallest absolute Gasteiger partial charge is 0.162 e. The summed E-state index contributed by atoms with van der Waals surface area (Å²) in [7, 11) is 3.20. The fourth-order valence-corrected chi connectivity index (χ4v) is 3.07. The molecule has 0 aliphatic heterocycles. The van der Waals surface area contributed by atoms with Gasteiger partial charge in [0.2, 0.25) is 0 Å². The number of aromatic amines is 1. The van der Waals surface area contributed by atoms with Crippen molar-refractivity contribution in [1.82, 2.24) is 15.0 Å². The largest absolute Gasteiger partial charge is 0.493 e. The SMILES string of the molecule is COc1cc2[nH]c3c(Nc4cccc(C(C)=O)c4)ncnc3c2cc1OC. The van der Waals surface area contributed by atoms with Crippen LogP contribution in [0.1, 0.15) is 17.3 Å². The molecule has 7 heteroatoms. The molecule has 0 fully saturated rings. The van der Waals surface area contributed by atoms with Gasteiger partial charge < -0.3 is 19.8 Å². The summed E-state index contributed by atoms with van der Waals surface area (Å²) in [6, 6.07) is 11.1. The van der Waals surface area contributed by atoms with E-state index in [1.165, 1.54) is 6.33 Å². The summed E-state index contributed by atoms with van der Waals surface area (Å²) in [6.45, 7) is 1.54. The number of fused-ring (bicyclic) bond motifs is 3. The van der Waals surface area contributed by atoms with Crippen molar-refractivity contribution in [2.24, 2.45) is 0 Å². The molecular weight excluding hydrogens is 344 g/mol. The first-order valence-corrected chi connectivity index (χ1v) is 8.37. The number of Topliss-reactive ketones (excluding diaryl/α,β-unsaturated/α-hetero) is 1. The molecule has 0 aliphatic carbocycles. The van der Waals surface area contributed by atoms with Crippen LogP contribution in [0.5, 0.6) is 11.5 Å². The zero-order valence-corrected chi connectivity index (χ0v) is 15.2. The number of hydrogen-bond donors (Lipinski definition) is 2. The van der Waals surface area contributed by atoms with Gasteiger partial charge in [-0.15, -0.1) is 0 Å². The summed E-state index contributed by atoms with van der Waals surface area (Å²) in [4.78, 5) is 23.7. The quantitative estimate of drug-likeness (QED) is 0.520. The van der Waals surface area contributed by atoms with Crippen molar-refractivity contribution < 1.29 is 14.3 Å². The molecule has 0 bridgehead atoms. The number of anilines is 2. The Morgan fingerprint density at radius 1 is 1.07 bits per heavy atom. The van der Waals surface area contributed by atoms with Gasteiger partial charge >= 0.3 is 0 Å². The normalized spacial score (nSPS) is 10.9. The first-order chi connectivity index (χ1) is 13.1. The number of carbonyl (C=O) groups excluding carboxylic acids is 1. The maximum absolute atomic E-state index is 11.6. The predicted octanol–water partition coefficient (Wildman–Crippen LogP) is 4.07. The van der Waals surface area contributed by atoms with Gasteiger partial charge in [0.15, 0.2) is 23.1 Å². The minimum Gasteiger partial charge on any atom is -0.493 e. The second kappa shape index (κ2) is 6.60. The van der Waals surface area contributed by atoms with Crippen LogP contribution in [-0.4, -0.2) is 35.0 Å². The minimum atomic E-state index is 0.0105. The average Bonchev–Trinajstić information content (AvgIpc) is 3.05. The van der Waals surface area contributed by atoms with Crippen LogP contribution in [0.3, 0.4) is 0 Å². The van der Waals surface area contributed by atoms with Crippen molar-refractivity contribution in [2.45, 2.75) is 6.92 Å². The highest BCUT2D eigenvalue weighted by Gasteiger charge is 2.15. The van der Waals surface area contributed by atoms with Gasteiger partial charge in [0.25, 0.3) is 0 Å². The van der Waals surface area contributed by atoms with E-state index < -0.39 is 0 Å². The first kappa shape index (κ1) is 16.8. The maximum atomic E-state index is 11.6. The third kappa shape index (κ3) is 2.93. The van der Waals surface area contributed by atoms with Gasteiger partial charge in [0.1, 0.15) is 17.4 Å².